The van der Waals surface area contributed by atoms with E-state index >= 15 is 0 Å². The molecule has 0 aromatic carbocycles. The van der Waals surface area contributed by atoms with Gasteiger partial charge in [0, 0.05) is 17.7 Å². The molecule has 0 spiro atoms. The second-order valence-corrected chi connectivity index (χ2v) is 4.81. The van der Waals surface area contributed by atoms with E-state index in [1.807, 2.05) is 0 Å². The molecular weight excluding hydrogens is 210 g/mol. The fourth-order valence-corrected chi connectivity index (χ4v) is 2.52. The van der Waals surface area contributed by atoms with Gasteiger partial charge in [-0.25, -0.2) is 4.98 Å². The molecule has 0 bridgehead atoms. The van der Waals surface area contributed by atoms with Crippen LogP contribution in [-0.2, 0) is 16.0 Å². The van der Waals surface area contributed by atoms with Gasteiger partial charge in [0.1, 0.15) is 0 Å². The van der Waals surface area contributed by atoms with E-state index in [0.29, 0.717) is 18.8 Å². The molecular formula is C11H15NO2S. The van der Waals surface area contributed by atoms with Crippen molar-refractivity contribution in [2.75, 3.05) is 7.11 Å². The first-order chi connectivity index (χ1) is 7.29. The molecule has 0 saturated heterocycles. The number of hydrogen-bond donors (Lipinski definition) is 0. The summed E-state index contributed by atoms with van der Waals surface area (Å²) in [6.45, 7) is 0. The molecule has 1 aliphatic carbocycles. The molecule has 1 fully saturated rings. The molecule has 1 aromatic heterocycles. The molecule has 0 aliphatic heterocycles. The Balaban J connectivity index is 1.86. The minimum Gasteiger partial charge on any atom is -0.469 e. The summed E-state index contributed by atoms with van der Waals surface area (Å²) in [4.78, 5) is 15.5. The van der Waals surface area contributed by atoms with Gasteiger partial charge >= 0.3 is 5.97 Å². The van der Waals surface area contributed by atoms with Crippen molar-refractivity contribution >= 4 is 17.3 Å². The fraction of sp³-hybridized carbons (Fsp3) is 0.636. The standard InChI is InChI=1S/C11H15NO2S/c1-14-11(13)6-5-10-12-9(7-15-10)8-3-2-4-8/h7-8H,2-6H2,1H3. The van der Waals surface area contributed by atoms with Crippen molar-refractivity contribution in [3.8, 4) is 0 Å². The van der Waals surface area contributed by atoms with Gasteiger partial charge in [-0.15, -0.1) is 11.3 Å². The Morgan fingerprint density at radius 3 is 3.07 bits per heavy atom. The number of hydrogen-bond acceptors (Lipinski definition) is 4. The number of methoxy groups -OCH3 is 1. The van der Waals surface area contributed by atoms with Gasteiger partial charge in [-0.1, -0.05) is 6.42 Å². The Bertz CT molecular complexity index is 344. The van der Waals surface area contributed by atoms with Crippen LogP contribution in [0.5, 0.6) is 0 Å². The number of nitrogens with zero attached hydrogens (tertiary/aromatic N) is 1. The van der Waals surface area contributed by atoms with E-state index < -0.39 is 0 Å². The molecule has 0 amide bonds. The zero-order chi connectivity index (χ0) is 10.7. The molecule has 82 valence electrons. The first-order valence-corrected chi connectivity index (χ1v) is 6.18. The summed E-state index contributed by atoms with van der Waals surface area (Å²) in [5, 5.41) is 3.19. The van der Waals surface area contributed by atoms with Gasteiger partial charge < -0.3 is 4.74 Å². The molecule has 2 rings (SSSR count). The lowest BCUT2D eigenvalue weighted by Gasteiger charge is -2.22. The zero-order valence-electron chi connectivity index (χ0n) is 8.86. The number of carbonyl (C=O) groups is 1. The lowest BCUT2D eigenvalue weighted by atomic mass is 9.83. The normalized spacial score (nSPS) is 16.1. The highest BCUT2D eigenvalue weighted by Crippen LogP contribution is 2.36. The number of aryl methyl sites for hydroxylation is 1. The van der Waals surface area contributed by atoms with Crippen molar-refractivity contribution in [2.24, 2.45) is 0 Å². The molecule has 4 heteroatoms. The van der Waals surface area contributed by atoms with E-state index in [1.165, 1.54) is 32.1 Å². The summed E-state index contributed by atoms with van der Waals surface area (Å²) in [6, 6.07) is 0. The van der Waals surface area contributed by atoms with E-state index in [0.717, 1.165) is 5.01 Å². The van der Waals surface area contributed by atoms with Crippen molar-refractivity contribution in [3.05, 3.63) is 16.1 Å². The molecule has 3 nitrogen and oxygen atoms in total. The van der Waals surface area contributed by atoms with Gasteiger partial charge in [-0.05, 0) is 12.8 Å². The lowest BCUT2D eigenvalue weighted by molar-refractivity contribution is -0.140. The SMILES string of the molecule is COC(=O)CCc1nc(C2CCC2)cs1. The Kier molecular flexibility index (Phi) is 3.36. The molecule has 1 heterocycles. The summed E-state index contributed by atoms with van der Waals surface area (Å²) < 4.78 is 4.60. The first kappa shape index (κ1) is 10.6. The first-order valence-electron chi connectivity index (χ1n) is 5.30. The monoisotopic (exact) mass is 225 g/mol. The van der Waals surface area contributed by atoms with Crippen LogP contribution in [0.2, 0.25) is 0 Å². The Morgan fingerprint density at radius 1 is 1.67 bits per heavy atom. The second kappa shape index (κ2) is 4.75. The zero-order valence-corrected chi connectivity index (χ0v) is 9.68. The van der Waals surface area contributed by atoms with E-state index in [1.54, 1.807) is 11.3 Å². The Morgan fingerprint density at radius 2 is 2.47 bits per heavy atom. The van der Waals surface area contributed by atoms with Crippen molar-refractivity contribution < 1.29 is 9.53 Å². The molecule has 1 saturated carbocycles. The van der Waals surface area contributed by atoms with Crippen LogP contribution in [0.4, 0.5) is 0 Å². The quantitative estimate of drug-likeness (QED) is 0.739. The third kappa shape index (κ3) is 2.56. The maximum atomic E-state index is 10.9. The summed E-state index contributed by atoms with van der Waals surface area (Å²) >= 11 is 1.66. The predicted molar refractivity (Wildman–Crippen MR) is 59.0 cm³/mol. The van der Waals surface area contributed by atoms with Crippen LogP contribution in [0.3, 0.4) is 0 Å². The van der Waals surface area contributed by atoms with Gasteiger partial charge in [-0.2, -0.15) is 0 Å². The number of rotatable bonds is 4. The molecule has 1 aliphatic rings. The van der Waals surface area contributed by atoms with Crippen molar-refractivity contribution in [1.29, 1.82) is 0 Å². The van der Waals surface area contributed by atoms with Crippen LogP contribution in [0.15, 0.2) is 5.38 Å². The third-order valence-corrected chi connectivity index (χ3v) is 3.79. The summed E-state index contributed by atoms with van der Waals surface area (Å²) in [6.07, 6.45) is 5.04. The van der Waals surface area contributed by atoms with Crippen LogP contribution >= 0.6 is 11.3 Å². The van der Waals surface area contributed by atoms with Crippen LogP contribution in [0, 0.1) is 0 Å². The average Bonchev–Trinajstić information content (AvgIpc) is 2.60. The van der Waals surface area contributed by atoms with Gasteiger partial charge in [-0.3, -0.25) is 4.79 Å². The number of esters is 1. The van der Waals surface area contributed by atoms with Crippen LogP contribution in [-0.4, -0.2) is 18.1 Å². The van der Waals surface area contributed by atoms with Crippen LogP contribution in [0.1, 0.15) is 42.3 Å². The highest BCUT2D eigenvalue weighted by Gasteiger charge is 2.21. The third-order valence-electron chi connectivity index (χ3n) is 2.86. The van der Waals surface area contributed by atoms with Crippen molar-refractivity contribution in [2.45, 2.75) is 38.0 Å². The van der Waals surface area contributed by atoms with Gasteiger partial charge in [0.05, 0.1) is 24.2 Å². The number of ether oxygens (including phenoxy) is 1. The number of thiazole rings is 1. The fourth-order valence-electron chi connectivity index (χ4n) is 1.64. The highest BCUT2D eigenvalue weighted by atomic mass is 32.1. The predicted octanol–water partition coefficient (Wildman–Crippen LogP) is 2.52. The number of carbonyl (C=O) groups excluding carboxylic acids is 1. The molecule has 0 N–H and O–H groups in total. The molecule has 1 aromatic rings. The summed E-state index contributed by atoms with van der Waals surface area (Å²) in [5.41, 5.74) is 1.23. The lowest BCUT2D eigenvalue weighted by Crippen LogP contribution is -2.09. The highest BCUT2D eigenvalue weighted by molar-refractivity contribution is 7.09. The second-order valence-electron chi connectivity index (χ2n) is 3.87. The largest absolute Gasteiger partial charge is 0.469 e. The van der Waals surface area contributed by atoms with E-state index in [-0.39, 0.29) is 5.97 Å². The minimum atomic E-state index is -0.157. The molecule has 0 radical (unpaired) electrons. The Labute approximate surface area is 93.5 Å². The summed E-state index contributed by atoms with van der Waals surface area (Å²) in [5.74, 6) is 0.531. The molecule has 0 atom stereocenters. The maximum absolute atomic E-state index is 10.9. The topological polar surface area (TPSA) is 39.2 Å². The van der Waals surface area contributed by atoms with E-state index in [4.69, 9.17) is 0 Å². The average molecular weight is 225 g/mol. The van der Waals surface area contributed by atoms with Crippen LogP contribution < -0.4 is 0 Å². The number of aromatic nitrogens is 1. The van der Waals surface area contributed by atoms with Crippen molar-refractivity contribution in [3.63, 3.8) is 0 Å². The van der Waals surface area contributed by atoms with E-state index in [9.17, 15) is 4.79 Å². The Hall–Kier alpha value is -0.900. The van der Waals surface area contributed by atoms with Crippen LogP contribution in [0.25, 0.3) is 0 Å². The maximum Gasteiger partial charge on any atom is 0.305 e. The molecule has 0 unspecified atom stereocenters. The van der Waals surface area contributed by atoms with Gasteiger partial charge in [0.2, 0.25) is 0 Å². The van der Waals surface area contributed by atoms with Gasteiger partial charge in [0.15, 0.2) is 0 Å². The minimum absolute atomic E-state index is 0.157. The van der Waals surface area contributed by atoms with Gasteiger partial charge in [0.25, 0.3) is 0 Å². The summed E-state index contributed by atoms with van der Waals surface area (Å²) in [7, 11) is 1.42. The van der Waals surface area contributed by atoms with Crippen molar-refractivity contribution in [1.82, 2.24) is 4.98 Å². The molecule has 15 heavy (non-hydrogen) atoms. The van der Waals surface area contributed by atoms with E-state index in [2.05, 4.69) is 15.1 Å². The smallest absolute Gasteiger partial charge is 0.305 e.